The Bertz CT molecular complexity index is 647. The highest BCUT2D eigenvalue weighted by Gasteiger charge is 2.17. The first-order valence-electron chi connectivity index (χ1n) is 8.58. The molecule has 0 radical (unpaired) electrons. The molecule has 0 spiro atoms. The molecule has 0 bridgehead atoms. The summed E-state index contributed by atoms with van der Waals surface area (Å²) in [6.45, 7) is 4.11. The number of piperazine rings is 1. The number of aryl methyl sites for hydroxylation is 1. The largest absolute Gasteiger partial charge is 0.481 e. The molecule has 4 nitrogen and oxygen atoms in total. The van der Waals surface area contributed by atoms with Crippen LogP contribution >= 0.6 is 0 Å². The van der Waals surface area contributed by atoms with Gasteiger partial charge < -0.3 is 14.9 Å². The lowest BCUT2D eigenvalue weighted by atomic mass is 10.1. The monoisotopic (exact) mass is 324 g/mol. The Morgan fingerprint density at radius 3 is 1.92 bits per heavy atom. The molecule has 1 aliphatic heterocycles. The van der Waals surface area contributed by atoms with Gasteiger partial charge in [0.05, 0.1) is 0 Å². The standard InChI is InChI=1S/C20H24N2O2/c23-20(24)8-4-5-17-9-11-19(12-10-17)22-15-13-21(14-16-22)18-6-2-1-3-7-18/h1-3,6-7,9-12H,4-5,8,13-16H2,(H,23,24). The van der Waals surface area contributed by atoms with Crippen LogP contribution in [0.5, 0.6) is 0 Å². The average Bonchev–Trinajstić information content (AvgIpc) is 2.63. The number of carboxylic acids is 1. The predicted octanol–water partition coefficient (Wildman–Crippen LogP) is 3.42. The highest BCUT2D eigenvalue weighted by molar-refractivity contribution is 5.66. The number of rotatable bonds is 6. The number of aliphatic carboxylic acids is 1. The van der Waals surface area contributed by atoms with E-state index >= 15 is 0 Å². The van der Waals surface area contributed by atoms with Gasteiger partial charge in [0.1, 0.15) is 0 Å². The first-order valence-corrected chi connectivity index (χ1v) is 8.58. The Morgan fingerprint density at radius 1 is 0.833 bits per heavy atom. The van der Waals surface area contributed by atoms with Crippen molar-refractivity contribution < 1.29 is 9.90 Å². The average molecular weight is 324 g/mol. The van der Waals surface area contributed by atoms with E-state index < -0.39 is 5.97 Å². The summed E-state index contributed by atoms with van der Waals surface area (Å²) >= 11 is 0. The first-order chi connectivity index (χ1) is 11.7. The normalized spacial score (nSPS) is 14.7. The zero-order chi connectivity index (χ0) is 16.8. The molecular formula is C20H24N2O2. The third kappa shape index (κ3) is 4.28. The molecule has 0 aromatic heterocycles. The minimum atomic E-state index is -0.720. The summed E-state index contributed by atoms with van der Waals surface area (Å²) in [7, 11) is 0. The number of nitrogens with zero attached hydrogens (tertiary/aromatic N) is 2. The van der Waals surface area contributed by atoms with Crippen LogP contribution in [-0.2, 0) is 11.2 Å². The van der Waals surface area contributed by atoms with Crippen LogP contribution in [0.2, 0.25) is 0 Å². The maximum absolute atomic E-state index is 10.6. The van der Waals surface area contributed by atoms with Gasteiger partial charge in [-0.1, -0.05) is 30.3 Å². The fraction of sp³-hybridized carbons (Fsp3) is 0.350. The van der Waals surface area contributed by atoms with Crippen molar-refractivity contribution in [2.75, 3.05) is 36.0 Å². The molecule has 1 fully saturated rings. The van der Waals surface area contributed by atoms with Gasteiger partial charge in [0.25, 0.3) is 0 Å². The van der Waals surface area contributed by atoms with Crippen LogP contribution in [0, 0.1) is 0 Å². The molecule has 24 heavy (non-hydrogen) atoms. The summed E-state index contributed by atoms with van der Waals surface area (Å²) in [6, 6.07) is 19.1. The molecule has 2 aromatic carbocycles. The van der Waals surface area contributed by atoms with Crippen LogP contribution in [0.3, 0.4) is 0 Å². The Kier molecular flexibility index (Phi) is 5.36. The van der Waals surface area contributed by atoms with E-state index in [1.165, 1.54) is 16.9 Å². The van der Waals surface area contributed by atoms with Gasteiger partial charge in [-0.25, -0.2) is 0 Å². The first kappa shape index (κ1) is 16.4. The molecule has 2 aromatic rings. The van der Waals surface area contributed by atoms with Crippen molar-refractivity contribution in [3.05, 3.63) is 60.2 Å². The summed E-state index contributed by atoms with van der Waals surface area (Å²) in [5, 5.41) is 8.70. The number of carboxylic acid groups (broad SMARTS) is 1. The molecule has 0 atom stereocenters. The molecule has 4 heteroatoms. The van der Waals surface area contributed by atoms with Crippen LogP contribution in [0.4, 0.5) is 11.4 Å². The van der Waals surface area contributed by atoms with Gasteiger partial charge in [0.2, 0.25) is 0 Å². The van der Waals surface area contributed by atoms with Crippen LogP contribution in [0.1, 0.15) is 18.4 Å². The molecule has 126 valence electrons. The topological polar surface area (TPSA) is 43.8 Å². The zero-order valence-electron chi connectivity index (χ0n) is 13.9. The third-order valence-corrected chi connectivity index (χ3v) is 4.56. The number of para-hydroxylation sites is 1. The molecule has 0 saturated carbocycles. The van der Waals surface area contributed by atoms with E-state index in [-0.39, 0.29) is 6.42 Å². The quantitative estimate of drug-likeness (QED) is 0.884. The summed E-state index contributed by atoms with van der Waals surface area (Å²) in [5.74, 6) is -0.720. The van der Waals surface area contributed by atoms with Crippen molar-refractivity contribution >= 4 is 17.3 Å². The molecule has 3 rings (SSSR count). The van der Waals surface area contributed by atoms with E-state index in [9.17, 15) is 4.79 Å². The fourth-order valence-electron chi connectivity index (χ4n) is 3.18. The number of anilines is 2. The van der Waals surface area contributed by atoms with E-state index in [2.05, 4.69) is 64.4 Å². The van der Waals surface area contributed by atoms with Crippen molar-refractivity contribution in [3.8, 4) is 0 Å². The van der Waals surface area contributed by atoms with Gasteiger partial charge in [-0.05, 0) is 42.7 Å². The highest BCUT2D eigenvalue weighted by atomic mass is 16.4. The van der Waals surface area contributed by atoms with Crippen molar-refractivity contribution in [1.29, 1.82) is 0 Å². The molecule has 0 aliphatic carbocycles. The second-order valence-electron chi connectivity index (χ2n) is 6.22. The molecular weight excluding hydrogens is 300 g/mol. The molecule has 1 saturated heterocycles. The van der Waals surface area contributed by atoms with Gasteiger partial charge in [0, 0.05) is 44.0 Å². The number of hydrogen-bond donors (Lipinski definition) is 1. The predicted molar refractivity (Wildman–Crippen MR) is 97.9 cm³/mol. The van der Waals surface area contributed by atoms with Crippen molar-refractivity contribution in [2.24, 2.45) is 0 Å². The summed E-state index contributed by atoms with van der Waals surface area (Å²) in [6.07, 6.45) is 1.77. The maximum Gasteiger partial charge on any atom is 0.303 e. The number of carbonyl (C=O) groups is 1. The Balaban J connectivity index is 1.52. The zero-order valence-corrected chi connectivity index (χ0v) is 13.9. The maximum atomic E-state index is 10.6. The molecule has 1 aliphatic rings. The van der Waals surface area contributed by atoms with E-state index in [1.54, 1.807) is 0 Å². The third-order valence-electron chi connectivity index (χ3n) is 4.56. The van der Waals surface area contributed by atoms with Crippen molar-refractivity contribution in [2.45, 2.75) is 19.3 Å². The fourth-order valence-corrected chi connectivity index (χ4v) is 3.18. The lowest BCUT2D eigenvalue weighted by Gasteiger charge is -2.37. The van der Waals surface area contributed by atoms with Gasteiger partial charge in [-0.15, -0.1) is 0 Å². The molecule has 1 N–H and O–H groups in total. The Labute approximate surface area is 143 Å². The van der Waals surface area contributed by atoms with Gasteiger partial charge in [-0.2, -0.15) is 0 Å². The lowest BCUT2D eigenvalue weighted by Crippen LogP contribution is -2.46. The Morgan fingerprint density at radius 2 is 1.38 bits per heavy atom. The van der Waals surface area contributed by atoms with Crippen molar-refractivity contribution in [3.63, 3.8) is 0 Å². The lowest BCUT2D eigenvalue weighted by molar-refractivity contribution is -0.137. The summed E-state index contributed by atoms with van der Waals surface area (Å²) in [4.78, 5) is 15.4. The molecule has 1 heterocycles. The summed E-state index contributed by atoms with van der Waals surface area (Å²) < 4.78 is 0. The van der Waals surface area contributed by atoms with Crippen LogP contribution in [0.15, 0.2) is 54.6 Å². The van der Waals surface area contributed by atoms with E-state index in [4.69, 9.17) is 5.11 Å². The van der Waals surface area contributed by atoms with Gasteiger partial charge >= 0.3 is 5.97 Å². The Hall–Kier alpha value is -2.49. The van der Waals surface area contributed by atoms with E-state index in [1.807, 2.05) is 0 Å². The minimum Gasteiger partial charge on any atom is -0.481 e. The van der Waals surface area contributed by atoms with Crippen molar-refractivity contribution in [1.82, 2.24) is 0 Å². The van der Waals surface area contributed by atoms with Crippen LogP contribution in [0.25, 0.3) is 0 Å². The second kappa shape index (κ2) is 7.86. The van der Waals surface area contributed by atoms with Crippen LogP contribution < -0.4 is 9.80 Å². The molecule has 0 amide bonds. The van der Waals surface area contributed by atoms with Gasteiger partial charge in [-0.3, -0.25) is 4.79 Å². The number of hydrogen-bond acceptors (Lipinski definition) is 3. The molecule has 0 unspecified atom stereocenters. The smallest absolute Gasteiger partial charge is 0.303 e. The number of benzene rings is 2. The minimum absolute atomic E-state index is 0.239. The van der Waals surface area contributed by atoms with E-state index in [0.29, 0.717) is 6.42 Å². The second-order valence-corrected chi connectivity index (χ2v) is 6.22. The summed E-state index contributed by atoms with van der Waals surface area (Å²) in [5.41, 5.74) is 3.76. The van der Waals surface area contributed by atoms with Gasteiger partial charge in [0.15, 0.2) is 0 Å². The van der Waals surface area contributed by atoms with Crippen LogP contribution in [-0.4, -0.2) is 37.3 Å². The SMILES string of the molecule is O=C(O)CCCc1ccc(N2CCN(c3ccccc3)CC2)cc1. The van der Waals surface area contributed by atoms with E-state index in [0.717, 1.165) is 32.6 Å². The highest BCUT2D eigenvalue weighted by Crippen LogP contribution is 2.21.